The standard InChI is InChI=1S/C21H28N4O3/c1-13-6-4-5-7-17(13)25-12-16(18(22)26)19(24-25)23-15-10-8-14(9-11-15)21(2,3)20(27)28/h8-13,17H,4-7H2,1-3H3,(H2,22,26)(H,23,24)(H,27,28)/t13-,17-/m0/s1. The minimum Gasteiger partial charge on any atom is -0.481 e. The Hall–Kier alpha value is -2.83. The number of nitrogens with one attached hydrogen (secondary N) is 1. The SMILES string of the molecule is C[C@H]1CCCC[C@@H]1n1cc(C(N)=O)c(Nc2ccc(C(C)(C)C(=O)O)cc2)n1. The molecule has 1 fully saturated rings. The van der Waals surface area contributed by atoms with Crippen LogP contribution in [0, 0.1) is 5.92 Å². The number of carbonyl (C=O) groups is 2. The van der Waals surface area contributed by atoms with E-state index in [4.69, 9.17) is 5.73 Å². The summed E-state index contributed by atoms with van der Waals surface area (Å²) in [6.07, 6.45) is 6.31. The van der Waals surface area contributed by atoms with Crippen LogP contribution in [-0.2, 0) is 10.2 Å². The number of hydrogen-bond donors (Lipinski definition) is 3. The Kier molecular flexibility index (Phi) is 5.45. The van der Waals surface area contributed by atoms with Gasteiger partial charge in [-0.3, -0.25) is 14.3 Å². The van der Waals surface area contributed by atoms with Crippen molar-refractivity contribution in [2.75, 3.05) is 5.32 Å². The number of primary amides is 1. The fraction of sp³-hybridized carbons (Fsp3) is 0.476. The zero-order valence-corrected chi connectivity index (χ0v) is 16.6. The Bertz CT molecular complexity index is 870. The van der Waals surface area contributed by atoms with Gasteiger partial charge in [0.05, 0.1) is 11.5 Å². The van der Waals surface area contributed by atoms with Gasteiger partial charge in [0.1, 0.15) is 5.56 Å². The van der Waals surface area contributed by atoms with Gasteiger partial charge in [0, 0.05) is 11.9 Å². The highest BCUT2D eigenvalue weighted by Crippen LogP contribution is 2.34. The number of nitrogens with zero attached hydrogens (tertiary/aromatic N) is 2. The van der Waals surface area contributed by atoms with Crippen molar-refractivity contribution in [1.29, 1.82) is 0 Å². The number of carboxylic acids is 1. The number of carboxylic acid groups (broad SMARTS) is 1. The highest BCUT2D eigenvalue weighted by molar-refractivity contribution is 5.98. The van der Waals surface area contributed by atoms with Gasteiger partial charge >= 0.3 is 5.97 Å². The van der Waals surface area contributed by atoms with E-state index in [1.807, 2.05) is 4.68 Å². The molecular weight excluding hydrogens is 356 g/mol. The van der Waals surface area contributed by atoms with Crippen LogP contribution in [0.3, 0.4) is 0 Å². The lowest BCUT2D eigenvalue weighted by Crippen LogP contribution is -2.28. The van der Waals surface area contributed by atoms with Gasteiger partial charge in [-0.1, -0.05) is 31.9 Å². The van der Waals surface area contributed by atoms with Crippen LogP contribution >= 0.6 is 0 Å². The lowest BCUT2D eigenvalue weighted by atomic mass is 9.85. The highest BCUT2D eigenvalue weighted by Gasteiger charge is 2.29. The van der Waals surface area contributed by atoms with Crippen molar-refractivity contribution in [3.63, 3.8) is 0 Å². The van der Waals surface area contributed by atoms with E-state index in [0.29, 0.717) is 22.9 Å². The van der Waals surface area contributed by atoms with Crippen molar-refractivity contribution in [1.82, 2.24) is 9.78 Å². The van der Waals surface area contributed by atoms with E-state index < -0.39 is 17.3 Å². The summed E-state index contributed by atoms with van der Waals surface area (Å²) >= 11 is 0. The Morgan fingerprint density at radius 2 is 1.86 bits per heavy atom. The van der Waals surface area contributed by atoms with Crippen LogP contribution in [0.25, 0.3) is 0 Å². The third-order valence-electron chi connectivity index (χ3n) is 5.81. The minimum absolute atomic E-state index is 0.265. The first-order valence-electron chi connectivity index (χ1n) is 9.70. The molecule has 1 aromatic heterocycles. The molecule has 2 aromatic rings. The summed E-state index contributed by atoms with van der Waals surface area (Å²) in [4.78, 5) is 23.3. The molecule has 3 rings (SSSR count). The Labute approximate surface area is 164 Å². The maximum Gasteiger partial charge on any atom is 0.313 e. The topological polar surface area (TPSA) is 110 Å². The van der Waals surface area contributed by atoms with Crippen molar-refractivity contribution in [3.05, 3.63) is 41.6 Å². The lowest BCUT2D eigenvalue weighted by molar-refractivity contribution is -0.142. The number of carbonyl (C=O) groups excluding carboxylic acids is 1. The quantitative estimate of drug-likeness (QED) is 0.701. The fourth-order valence-electron chi connectivity index (χ4n) is 3.75. The number of rotatable bonds is 6. The molecule has 1 amide bonds. The molecule has 0 saturated heterocycles. The van der Waals surface area contributed by atoms with Gasteiger partial charge in [-0.15, -0.1) is 0 Å². The molecule has 4 N–H and O–H groups in total. The van der Waals surface area contributed by atoms with Gasteiger partial charge in [-0.05, 0) is 50.3 Å². The molecule has 0 bridgehead atoms. The average Bonchev–Trinajstić information content (AvgIpc) is 3.06. The third kappa shape index (κ3) is 3.88. The molecule has 1 aromatic carbocycles. The van der Waals surface area contributed by atoms with Crippen molar-refractivity contribution in [2.45, 2.75) is 57.9 Å². The van der Waals surface area contributed by atoms with Crippen LogP contribution < -0.4 is 11.1 Å². The lowest BCUT2D eigenvalue weighted by Gasteiger charge is -2.28. The van der Waals surface area contributed by atoms with Crippen molar-refractivity contribution in [3.8, 4) is 0 Å². The molecule has 2 atom stereocenters. The van der Waals surface area contributed by atoms with Crippen molar-refractivity contribution < 1.29 is 14.7 Å². The molecule has 7 nitrogen and oxygen atoms in total. The van der Waals surface area contributed by atoms with Crippen LogP contribution in [0.5, 0.6) is 0 Å². The molecule has 150 valence electrons. The summed E-state index contributed by atoms with van der Waals surface area (Å²) in [5.41, 5.74) is 6.35. The number of hydrogen-bond acceptors (Lipinski definition) is 4. The first-order valence-corrected chi connectivity index (χ1v) is 9.70. The average molecular weight is 384 g/mol. The number of anilines is 2. The van der Waals surface area contributed by atoms with Gasteiger partial charge in [0.15, 0.2) is 5.82 Å². The molecule has 1 aliphatic rings. The minimum atomic E-state index is -0.977. The number of aliphatic carboxylic acids is 1. The number of aromatic nitrogens is 2. The van der Waals surface area contributed by atoms with Crippen LogP contribution in [-0.4, -0.2) is 26.8 Å². The maximum atomic E-state index is 11.9. The van der Waals surface area contributed by atoms with Gasteiger partial charge in [0.2, 0.25) is 0 Å². The fourth-order valence-corrected chi connectivity index (χ4v) is 3.75. The molecule has 0 spiro atoms. The second kappa shape index (κ2) is 7.66. The van der Waals surface area contributed by atoms with E-state index >= 15 is 0 Å². The highest BCUT2D eigenvalue weighted by atomic mass is 16.4. The second-order valence-electron chi connectivity index (χ2n) is 8.20. The molecular formula is C21H28N4O3. The summed E-state index contributed by atoms with van der Waals surface area (Å²) in [6, 6.07) is 7.36. The molecule has 0 aliphatic heterocycles. The van der Waals surface area contributed by atoms with Crippen molar-refractivity contribution in [2.24, 2.45) is 11.7 Å². The molecule has 28 heavy (non-hydrogen) atoms. The number of benzene rings is 1. The summed E-state index contributed by atoms with van der Waals surface area (Å²) in [5, 5.41) is 17.1. The maximum absolute atomic E-state index is 11.9. The zero-order valence-electron chi connectivity index (χ0n) is 16.6. The molecule has 0 unspecified atom stereocenters. The van der Waals surface area contributed by atoms with Gasteiger partial charge < -0.3 is 16.2 Å². The van der Waals surface area contributed by atoms with E-state index in [0.717, 1.165) is 24.9 Å². The van der Waals surface area contributed by atoms with Gasteiger partial charge in [-0.2, -0.15) is 5.10 Å². The Balaban J connectivity index is 1.85. The van der Waals surface area contributed by atoms with Crippen LogP contribution in [0.1, 0.15) is 68.4 Å². The normalized spacial score (nSPS) is 20.0. The molecule has 7 heteroatoms. The predicted octanol–water partition coefficient (Wildman–Crippen LogP) is 3.84. The smallest absolute Gasteiger partial charge is 0.313 e. The van der Waals surface area contributed by atoms with Crippen LogP contribution in [0.15, 0.2) is 30.5 Å². The third-order valence-corrected chi connectivity index (χ3v) is 5.81. The molecule has 1 heterocycles. The first kappa shape index (κ1) is 19.9. The first-order chi connectivity index (χ1) is 13.2. The van der Waals surface area contributed by atoms with E-state index in [2.05, 4.69) is 17.3 Å². The zero-order chi connectivity index (χ0) is 20.5. The van der Waals surface area contributed by atoms with E-state index in [9.17, 15) is 14.7 Å². The number of nitrogens with two attached hydrogens (primary N) is 1. The summed E-state index contributed by atoms with van der Waals surface area (Å²) in [7, 11) is 0. The Morgan fingerprint density at radius 3 is 2.43 bits per heavy atom. The van der Waals surface area contributed by atoms with Crippen LogP contribution in [0.2, 0.25) is 0 Å². The van der Waals surface area contributed by atoms with E-state index in [-0.39, 0.29) is 6.04 Å². The second-order valence-corrected chi connectivity index (χ2v) is 8.20. The van der Waals surface area contributed by atoms with Crippen LogP contribution in [0.4, 0.5) is 11.5 Å². The van der Waals surface area contributed by atoms with Gasteiger partial charge in [0.25, 0.3) is 5.91 Å². The molecule has 1 aliphatic carbocycles. The Morgan fingerprint density at radius 1 is 1.21 bits per heavy atom. The summed E-state index contributed by atoms with van der Waals surface area (Å²) < 4.78 is 1.87. The van der Waals surface area contributed by atoms with E-state index in [1.165, 1.54) is 6.42 Å². The van der Waals surface area contributed by atoms with Gasteiger partial charge in [-0.25, -0.2) is 0 Å². The molecule has 1 saturated carbocycles. The monoisotopic (exact) mass is 384 g/mol. The van der Waals surface area contributed by atoms with E-state index in [1.54, 1.807) is 44.3 Å². The molecule has 0 radical (unpaired) electrons. The summed E-state index contributed by atoms with van der Waals surface area (Å²) in [5.74, 6) is -0.485. The predicted molar refractivity (Wildman–Crippen MR) is 108 cm³/mol. The largest absolute Gasteiger partial charge is 0.481 e. The number of amides is 1. The van der Waals surface area contributed by atoms with Crippen molar-refractivity contribution >= 4 is 23.4 Å². The summed E-state index contributed by atoms with van der Waals surface area (Å²) in [6.45, 7) is 5.54.